The van der Waals surface area contributed by atoms with Crippen LogP contribution < -0.4 is 14.8 Å². The molecule has 0 aliphatic heterocycles. The van der Waals surface area contributed by atoms with Gasteiger partial charge in [0.15, 0.2) is 6.10 Å². The van der Waals surface area contributed by atoms with Crippen molar-refractivity contribution in [3.05, 3.63) is 71.8 Å². The number of rotatable bonds is 7. The van der Waals surface area contributed by atoms with E-state index in [1.54, 1.807) is 6.92 Å². The number of amides is 1. The van der Waals surface area contributed by atoms with E-state index < -0.39 is 6.10 Å². The molecule has 1 atom stereocenters. The van der Waals surface area contributed by atoms with Crippen molar-refractivity contribution in [3.8, 4) is 11.5 Å². The van der Waals surface area contributed by atoms with Crippen LogP contribution in [-0.2, 0) is 4.79 Å². The van der Waals surface area contributed by atoms with Gasteiger partial charge in [-0.1, -0.05) is 36.4 Å². The first-order valence-corrected chi connectivity index (χ1v) is 9.15. The molecule has 3 aromatic carbocycles. The van der Waals surface area contributed by atoms with Gasteiger partial charge in [0, 0.05) is 0 Å². The lowest BCUT2D eigenvalue weighted by atomic mass is 10.1. The number of benzene rings is 3. The van der Waals surface area contributed by atoms with Crippen molar-refractivity contribution < 1.29 is 14.3 Å². The molecule has 0 spiro atoms. The van der Waals surface area contributed by atoms with Crippen LogP contribution in [0, 0.1) is 13.8 Å². The molecule has 1 amide bonds. The first kappa shape index (κ1) is 18.8. The topological polar surface area (TPSA) is 47.6 Å². The Bertz CT molecular complexity index is 916. The van der Waals surface area contributed by atoms with Gasteiger partial charge < -0.3 is 14.8 Å². The molecule has 0 saturated heterocycles. The molecule has 3 aromatic rings. The Labute approximate surface area is 160 Å². The van der Waals surface area contributed by atoms with Crippen LogP contribution in [0.4, 0.5) is 0 Å². The molecular formula is C23H25NO3. The Hall–Kier alpha value is -3.01. The van der Waals surface area contributed by atoms with E-state index >= 15 is 0 Å². The number of hydrogen-bond acceptors (Lipinski definition) is 3. The number of nitrogens with one attached hydrogen (secondary N) is 1. The molecule has 0 saturated carbocycles. The fraction of sp³-hybridized carbons (Fsp3) is 0.261. The fourth-order valence-electron chi connectivity index (χ4n) is 3.00. The second-order valence-corrected chi connectivity index (χ2v) is 6.73. The van der Waals surface area contributed by atoms with Gasteiger partial charge in [0.2, 0.25) is 0 Å². The molecule has 0 aliphatic carbocycles. The lowest BCUT2D eigenvalue weighted by Gasteiger charge is -2.15. The highest BCUT2D eigenvalue weighted by Gasteiger charge is 2.14. The molecule has 0 heterocycles. The van der Waals surface area contributed by atoms with E-state index in [0.29, 0.717) is 18.9 Å². The van der Waals surface area contributed by atoms with Gasteiger partial charge in [0.25, 0.3) is 5.91 Å². The van der Waals surface area contributed by atoms with Crippen LogP contribution in [0.3, 0.4) is 0 Å². The maximum atomic E-state index is 12.2. The minimum absolute atomic E-state index is 0.160. The summed E-state index contributed by atoms with van der Waals surface area (Å²) in [6, 6.07) is 19.9. The van der Waals surface area contributed by atoms with Gasteiger partial charge in [-0.05, 0) is 66.9 Å². The molecule has 0 fully saturated rings. The molecule has 0 radical (unpaired) electrons. The summed E-state index contributed by atoms with van der Waals surface area (Å²) < 4.78 is 11.5. The van der Waals surface area contributed by atoms with E-state index in [2.05, 4.69) is 11.4 Å². The number of hydrogen-bond donors (Lipinski definition) is 1. The van der Waals surface area contributed by atoms with E-state index in [0.717, 1.165) is 27.6 Å². The minimum Gasteiger partial charge on any atom is -0.492 e. The van der Waals surface area contributed by atoms with Gasteiger partial charge in [-0.15, -0.1) is 0 Å². The van der Waals surface area contributed by atoms with Gasteiger partial charge in [-0.3, -0.25) is 4.79 Å². The monoisotopic (exact) mass is 363 g/mol. The summed E-state index contributed by atoms with van der Waals surface area (Å²) in [5.74, 6) is 1.34. The number of carbonyl (C=O) groups is 1. The summed E-state index contributed by atoms with van der Waals surface area (Å²) in [4.78, 5) is 12.2. The summed E-state index contributed by atoms with van der Waals surface area (Å²) in [5.41, 5.74) is 2.32. The Balaban J connectivity index is 1.47. The third kappa shape index (κ3) is 5.23. The summed E-state index contributed by atoms with van der Waals surface area (Å²) in [6.45, 7) is 6.66. The fourth-order valence-corrected chi connectivity index (χ4v) is 3.00. The largest absolute Gasteiger partial charge is 0.492 e. The van der Waals surface area contributed by atoms with E-state index in [-0.39, 0.29) is 5.91 Å². The third-order valence-corrected chi connectivity index (χ3v) is 4.27. The Morgan fingerprint density at radius 3 is 2.37 bits per heavy atom. The van der Waals surface area contributed by atoms with E-state index in [1.807, 2.05) is 68.4 Å². The zero-order valence-corrected chi connectivity index (χ0v) is 16.0. The van der Waals surface area contributed by atoms with Crippen LogP contribution in [0.25, 0.3) is 10.8 Å². The van der Waals surface area contributed by atoms with Crippen molar-refractivity contribution in [2.45, 2.75) is 26.9 Å². The third-order valence-electron chi connectivity index (χ3n) is 4.27. The maximum Gasteiger partial charge on any atom is 0.260 e. The predicted octanol–water partition coefficient (Wildman–Crippen LogP) is 4.42. The van der Waals surface area contributed by atoms with Gasteiger partial charge in [-0.25, -0.2) is 0 Å². The van der Waals surface area contributed by atoms with E-state index in [4.69, 9.17) is 9.47 Å². The molecule has 27 heavy (non-hydrogen) atoms. The lowest BCUT2D eigenvalue weighted by Crippen LogP contribution is -2.38. The van der Waals surface area contributed by atoms with Crippen molar-refractivity contribution >= 4 is 16.7 Å². The van der Waals surface area contributed by atoms with Crippen LogP contribution >= 0.6 is 0 Å². The Morgan fingerprint density at radius 2 is 1.63 bits per heavy atom. The maximum absolute atomic E-state index is 12.2. The molecule has 0 aliphatic rings. The van der Waals surface area contributed by atoms with Gasteiger partial charge in [-0.2, -0.15) is 0 Å². The van der Waals surface area contributed by atoms with Gasteiger partial charge in [0.1, 0.15) is 18.1 Å². The first-order valence-electron chi connectivity index (χ1n) is 9.15. The number of carbonyl (C=O) groups excluding carboxylic acids is 1. The summed E-state index contributed by atoms with van der Waals surface area (Å²) in [7, 11) is 0. The molecule has 1 N–H and O–H groups in total. The van der Waals surface area contributed by atoms with Crippen LogP contribution in [0.15, 0.2) is 60.7 Å². The average Bonchev–Trinajstić information content (AvgIpc) is 2.64. The standard InChI is InChI=1S/C23H25NO3/c1-16-12-17(2)14-22(13-16)26-11-10-24-23(25)18(3)27-21-9-8-19-6-4-5-7-20(19)15-21/h4-9,12-15,18H,10-11H2,1-3H3,(H,24,25). The highest BCUT2D eigenvalue weighted by molar-refractivity contribution is 5.84. The number of ether oxygens (including phenoxy) is 2. The molecule has 3 rings (SSSR count). The Morgan fingerprint density at radius 1 is 0.926 bits per heavy atom. The quantitative estimate of drug-likeness (QED) is 0.632. The first-order chi connectivity index (χ1) is 13.0. The molecular weight excluding hydrogens is 338 g/mol. The van der Waals surface area contributed by atoms with Crippen molar-refractivity contribution in [1.82, 2.24) is 5.32 Å². The van der Waals surface area contributed by atoms with E-state index in [9.17, 15) is 4.79 Å². The van der Waals surface area contributed by atoms with Crippen LogP contribution in [0.1, 0.15) is 18.1 Å². The average molecular weight is 363 g/mol. The minimum atomic E-state index is -0.577. The highest BCUT2D eigenvalue weighted by atomic mass is 16.5. The summed E-state index contributed by atoms with van der Waals surface area (Å²) in [6.07, 6.45) is -0.577. The summed E-state index contributed by atoms with van der Waals surface area (Å²) in [5, 5.41) is 5.08. The van der Waals surface area contributed by atoms with Gasteiger partial charge in [0.05, 0.1) is 6.54 Å². The van der Waals surface area contributed by atoms with Gasteiger partial charge >= 0.3 is 0 Å². The van der Waals surface area contributed by atoms with Crippen molar-refractivity contribution in [1.29, 1.82) is 0 Å². The number of aryl methyl sites for hydroxylation is 2. The SMILES string of the molecule is Cc1cc(C)cc(OCCNC(=O)C(C)Oc2ccc3ccccc3c2)c1. The lowest BCUT2D eigenvalue weighted by molar-refractivity contribution is -0.127. The number of fused-ring (bicyclic) bond motifs is 1. The summed E-state index contributed by atoms with van der Waals surface area (Å²) >= 11 is 0. The van der Waals surface area contributed by atoms with Crippen LogP contribution in [0.2, 0.25) is 0 Å². The smallest absolute Gasteiger partial charge is 0.260 e. The Kier molecular flexibility index (Phi) is 5.97. The molecule has 0 aromatic heterocycles. The zero-order chi connectivity index (χ0) is 19.2. The predicted molar refractivity (Wildman–Crippen MR) is 108 cm³/mol. The zero-order valence-electron chi connectivity index (χ0n) is 16.0. The molecule has 0 bridgehead atoms. The van der Waals surface area contributed by atoms with Crippen molar-refractivity contribution in [3.63, 3.8) is 0 Å². The second-order valence-electron chi connectivity index (χ2n) is 6.73. The van der Waals surface area contributed by atoms with Crippen molar-refractivity contribution in [2.24, 2.45) is 0 Å². The highest BCUT2D eigenvalue weighted by Crippen LogP contribution is 2.21. The molecule has 140 valence electrons. The normalized spacial score (nSPS) is 11.8. The molecule has 4 heteroatoms. The van der Waals surface area contributed by atoms with Crippen LogP contribution in [0.5, 0.6) is 11.5 Å². The molecule has 1 unspecified atom stereocenters. The second kappa shape index (κ2) is 8.58. The molecule has 4 nitrogen and oxygen atoms in total. The van der Waals surface area contributed by atoms with Crippen LogP contribution in [-0.4, -0.2) is 25.2 Å². The van der Waals surface area contributed by atoms with E-state index in [1.165, 1.54) is 0 Å². The van der Waals surface area contributed by atoms with Crippen molar-refractivity contribution in [2.75, 3.05) is 13.2 Å².